The van der Waals surface area contributed by atoms with Crippen LogP contribution in [0, 0.1) is 0 Å². The van der Waals surface area contributed by atoms with E-state index in [2.05, 4.69) is 38.5 Å². The van der Waals surface area contributed by atoms with Crippen LogP contribution in [0.25, 0.3) is 0 Å². The third-order valence-corrected chi connectivity index (χ3v) is 5.11. The van der Waals surface area contributed by atoms with Crippen LogP contribution in [-0.4, -0.2) is 71.5 Å². The highest BCUT2D eigenvalue weighted by molar-refractivity contribution is 7.88. The maximum atomic E-state index is 11.1. The van der Waals surface area contributed by atoms with Crippen molar-refractivity contribution in [3.63, 3.8) is 0 Å². The molecule has 0 saturated carbocycles. The molecule has 1 fully saturated rings. The second-order valence-corrected chi connectivity index (χ2v) is 8.63. The van der Waals surface area contributed by atoms with Crippen molar-refractivity contribution < 1.29 is 13.2 Å². The van der Waals surface area contributed by atoms with Gasteiger partial charge in [0.15, 0.2) is 5.96 Å². The van der Waals surface area contributed by atoms with Crippen molar-refractivity contribution in [1.29, 1.82) is 0 Å². The summed E-state index contributed by atoms with van der Waals surface area (Å²) in [5.41, 5.74) is 2.51. The van der Waals surface area contributed by atoms with Gasteiger partial charge in [0, 0.05) is 39.3 Å². The van der Waals surface area contributed by atoms with Crippen LogP contribution in [0.2, 0.25) is 0 Å². The number of morpholine rings is 1. The highest BCUT2D eigenvalue weighted by Crippen LogP contribution is 2.14. The van der Waals surface area contributed by atoms with Gasteiger partial charge in [-0.2, -0.15) is 0 Å². The monoisotopic (exact) mass is 411 g/mol. The zero-order chi connectivity index (χ0) is 20.2. The summed E-state index contributed by atoms with van der Waals surface area (Å²) < 4.78 is 30.1. The van der Waals surface area contributed by atoms with Gasteiger partial charge in [-0.1, -0.05) is 24.3 Å². The zero-order valence-electron chi connectivity index (χ0n) is 16.9. The SMILES string of the molecule is CCNC(=NCc1ccccc1CN1CCOCC1)NCCCNS(C)(=O)=O. The van der Waals surface area contributed by atoms with Crippen molar-refractivity contribution in [3.8, 4) is 0 Å². The Bertz CT molecular complexity index is 718. The first-order chi connectivity index (χ1) is 13.5. The van der Waals surface area contributed by atoms with Crippen molar-refractivity contribution in [1.82, 2.24) is 20.3 Å². The average Bonchev–Trinajstić information content (AvgIpc) is 2.66. The first-order valence-corrected chi connectivity index (χ1v) is 11.7. The summed E-state index contributed by atoms with van der Waals surface area (Å²) in [4.78, 5) is 7.10. The number of sulfonamides is 1. The predicted molar refractivity (Wildman–Crippen MR) is 113 cm³/mol. The molecule has 28 heavy (non-hydrogen) atoms. The van der Waals surface area contributed by atoms with E-state index in [1.807, 2.05) is 13.0 Å². The van der Waals surface area contributed by atoms with E-state index in [4.69, 9.17) is 9.73 Å². The van der Waals surface area contributed by atoms with Crippen LogP contribution in [-0.2, 0) is 27.8 Å². The fourth-order valence-electron chi connectivity index (χ4n) is 2.92. The van der Waals surface area contributed by atoms with Gasteiger partial charge < -0.3 is 15.4 Å². The molecule has 158 valence electrons. The number of ether oxygens (including phenoxy) is 1. The van der Waals surface area contributed by atoms with Gasteiger partial charge in [-0.25, -0.2) is 18.1 Å². The number of nitrogens with one attached hydrogen (secondary N) is 3. The summed E-state index contributed by atoms with van der Waals surface area (Å²) in [6.07, 6.45) is 1.85. The maximum Gasteiger partial charge on any atom is 0.208 e. The first-order valence-electron chi connectivity index (χ1n) is 9.81. The van der Waals surface area contributed by atoms with Crippen molar-refractivity contribution in [2.24, 2.45) is 4.99 Å². The first kappa shape index (κ1) is 22.6. The molecule has 0 aliphatic carbocycles. The van der Waals surface area contributed by atoms with Crippen LogP contribution in [0.4, 0.5) is 0 Å². The molecule has 1 aliphatic heterocycles. The van der Waals surface area contributed by atoms with E-state index in [0.29, 0.717) is 26.1 Å². The molecule has 9 heteroatoms. The fourth-order valence-corrected chi connectivity index (χ4v) is 3.44. The summed E-state index contributed by atoms with van der Waals surface area (Å²) in [6.45, 7) is 8.86. The van der Waals surface area contributed by atoms with E-state index >= 15 is 0 Å². The second-order valence-electron chi connectivity index (χ2n) is 6.80. The van der Waals surface area contributed by atoms with E-state index in [1.54, 1.807) is 0 Å². The maximum absolute atomic E-state index is 11.1. The molecular weight excluding hydrogens is 378 g/mol. The minimum absolute atomic E-state index is 0.410. The van der Waals surface area contributed by atoms with Crippen LogP contribution in [0.3, 0.4) is 0 Å². The van der Waals surface area contributed by atoms with Crippen molar-refractivity contribution in [2.45, 2.75) is 26.4 Å². The molecule has 1 aromatic carbocycles. The lowest BCUT2D eigenvalue weighted by molar-refractivity contribution is 0.0341. The highest BCUT2D eigenvalue weighted by Gasteiger charge is 2.12. The lowest BCUT2D eigenvalue weighted by Gasteiger charge is -2.27. The quantitative estimate of drug-likeness (QED) is 0.295. The Morgan fingerprint density at radius 1 is 1.14 bits per heavy atom. The topological polar surface area (TPSA) is 95.1 Å². The fraction of sp³-hybridized carbons (Fsp3) is 0.632. The molecule has 0 amide bonds. The average molecular weight is 412 g/mol. The summed E-state index contributed by atoms with van der Waals surface area (Å²) >= 11 is 0. The standard InChI is InChI=1S/C19H33N5O3S/c1-3-20-19(21-9-6-10-23-28(2,25)26)22-15-17-7-4-5-8-18(17)16-24-11-13-27-14-12-24/h4-5,7-8,23H,3,6,9-16H2,1-2H3,(H2,20,21,22). The summed E-state index contributed by atoms with van der Waals surface area (Å²) in [5, 5.41) is 6.49. The van der Waals surface area contributed by atoms with Crippen molar-refractivity contribution >= 4 is 16.0 Å². The number of hydrogen-bond acceptors (Lipinski definition) is 5. The molecule has 3 N–H and O–H groups in total. The Labute approximate surface area is 168 Å². The third-order valence-electron chi connectivity index (χ3n) is 4.38. The van der Waals surface area contributed by atoms with Crippen LogP contribution >= 0.6 is 0 Å². The molecular formula is C19H33N5O3S. The van der Waals surface area contributed by atoms with Crippen molar-refractivity contribution in [2.75, 3.05) is 52.2 Å². The normalized spacial score (nSPS) is 16.1. The van der Waals surface area contributed by atoms with Gasteiger partial charge >= 0.3 is 0 Å². The number of rotatable bonds is 10. The molecule has 1 heterocycles. The Kier molecular flexibility index (Phi) is 9.69. The van der Waals surface area contributed by atoms with Crippen molar-refractivity contribution in [3.05, 3.63) is 35.4 Å². The van der Waals surface area contributed by atoms with Gasteiger partial charge in [0.25, 0.3) is 0 Å². The highest BCUT2D eigenvalue weighted by atomic mass is 32.2. The van der Waals surface area contributed by atoms with Crippen LogP contribution in [0.1, 0.15) is 24.5 Å². The largest absolute Gasteiger partial charge is 0.379 e. The van der Waals surface area contributed by atoms with Gasteiger partial charge in [0.05, 0.1) is 26.0 Å². The molecule has 0 unspecified atom stereocenters. The van der Waals surface area contributed by atoms with Gasteiger partial charge in [-0.05, 0) is 24.5 Å². The van der Waals surface area contributed by atoms with Gasteiger partial charge in [0.1, 0.15) is 0 Å². The Hall–Kier alpha value is -1.68. The van der Waals surface area contributed by atoms with E-state index < -0.39 is 10.0 Å². The van der Waals surface area contributed by atoms with Gasteiger partial charge in [-0.15, -0.1) is 0 Å². The van der Waals surface area contributed by atoms with E-state index in [-0.39, 0.29) is 0 Å². The smallest absolute Gasteiger partial charge is 0.208 e. The third kappa shape index (κ3) is 9.01. The lowest BCUT2D eigenvalue weighted by Crippen LogP contribution is -2.38. The van der Waals surface area contributed by atoms with Gasteiger partial charge in [0.2, 0.25) is 10.0 Å². The Morgan fingerprint density at radius 2 is 1.86 bits per heavy atom. The van der Waals surface area contributed by atoms with Crippen LogP contribution < -0.4 is 15.4 Å². The number of guanidine groups is 1. The number of nitrogens with zero attached hydrogens (tertiary/aromatic N) is 2. The molecule has 8 nitrogen and oxygen atoms in total. The lowest BCUT2D eigenvalue weighted by atomic mass is 10.1. The molecule has 0 radical (unpaired) electrons. The molecule has 0 atom stereocenters. The minimum atomic E-state index is -3.13. The Balaban J connectivity index is 1.88. The minimum Gasteiger partial charge on any atom is -0.379 e. The number of aliphatic imine (C=N–C) groups is 1. The molecule has 2 rings (SSSR count). The van der Waals surface area contributed by atoms with E-state index in [9.17, 15) is 8.42 Å². The second kappa shape index (κ2) is 12.0. The summed E-state index contributed by atoms with van der Waals surface area (Å²) in [5.74, 6) is 0.739. The van der Waals surface area contributed by atoms with E-state index in [1.165, 1.54) is 17.4 Å². The molecule has 0 aromatic heterocycles. The summed E-state index contributed by atoms with van der Waals surface area (Å²) in [6, 6.07) is 8.41. The number of benzene rings is 1. The molecule has 1 aliphatic rings. The summed E-state index contributed by atoms with van der Waals surface area (Å²) in [7, 11) is -3.13. The molecule has 1 saturated heterocycles. The Morgan fingerprint density at radius 3 is 2.54 bits per heavy atom. The van der Waals surface area contributed by atoms with Crippen LogP contribution in [0.5, 0.6) is 0 Å². The predicted octanol–water partition coefficient (Wildman–Crippen LogP) is 0.513. The zero-order valence-corrected chi connectivity index (χ0v) is 17.7. The molecule has 0 bridgehead atoms. The molecule has 1 aromatic rings. The van der Waals surface area contributed by atoms with E-state index in [0.717, 1.165) is 45.4 Å². The van der Waals surface area contributed by atoms with Gasteiger partial charge in [-0.3, -0.25) is 4.90 Å². The number of hydrogen-bond donors (Lipinski definition) is 3. The molecule has 0 spiro atoms. The van der Waals surface area contributed by atoms with Crippen LogP contribution in [0.15, 0.2) is 29.3 Å².